The van der Waals surface area contributed by atoms with Gasteiger partial charge in [0.2, 0.25) is 5.91 Å². The summed E-state index contributed by atoms with van der Waals surface area (Å²) in [6, 6.07) is 8.00. The van der Waals surface area contributed by atoms with Crippen molar-refractivity contribution in [2.45, 2.75) is 75.3 Å². The summed E-state index contributed by atoms with van der Waals surface area (Å²) in [6.45, 7) is 1.03. The van der Waals surface area contributed by atoms with Gasteiger partial charge in [0, 0.05) is 25.3 Å². The fraction of sp³-hybridized carbons (Fsp3) is 0.652. The number of hydrogen-bond donors (Lipinski definition) is 1. The van der Waals surface area contributed by atoms with Crippen LogP contribution in [0, 0.1) is 0 Å². The van der Waals surface area contributed by atoms with Crippen LogP contribution in [0.15, 0.2) is 24.3 Å². The first-order valence-corrected chi connectivity index (χ1v) is 10.9. The van der Waals surface area contributed by atoms with Crippen molar-refractivity contribution in [2.24, 2.45) is 0 Å². The maximum absolute atomic E-state index is 13.6. The van der Waals surface area contributed by atoms with Gasteiger partial charge in [-0.15, -0.1) is 0 Å². The van der Waals surface area contributed by atoms with Crippen molar-refractivity contribution < 1.29 is 14.3 Å². The zero-order valence-corrected chi connectivity index (χ0v) is 16.9. The predicted octanol–water partition coefficient (Wildman–Crippen LogP) is 3.63. The van der Waals surface area contributed by atoms with Crippen molar-refractivity contribution in [1.29, 1.82) is 0 Å². The molecule has 1 aliphatic heterocycles. The second kappa shape index (κ2) is 8.24. The Hall–Kier alpha value is -1.88. The topological polar surface area (TPSA) is 58.6 Å². The van der Waals surface area contributed by atoms with Gasteiger partial charge in [0.15, 0.2) is 0 Å². The summed E-state index contributed by atoms with van der Waals surface area (Å²) < 4.78 is 5.31. The molecule has 2 fully saturated rings. The molecule has 1 N–H and O–H groups in total. The molecule has 0 bridgehead atoms. The lowest BCUT2D eigenvalue weighted by Crippen LogP contribution is -2.61. The van der Waals surface area contributed by atoms with E-state index in [1.54, 1.807) is 7.11 Å². The van der Waals surface area contributed by atoms with Crippen LogP contribution in [0.25, 0.3) is 0 Å². The van der Waals surface area contributed by atoms with Gasteiger partial charge in [0.05, 0.1) is 18.1 Å². The molecule has 1 unspecified atom stereocenters. The highest BCUT2D eigenvalue weighted by Gasteiger charge is 2.55. The maximum atomic E-state index is 13.6. The number of ether oxygens (including phenoxy) is 1. The molecular weight excluding hydrogens is 352 g/mol. The van der Waals surface area contributed by atoms with Crippen LogP contribution in [-0.2, 0) is 9.53 Å². The number of rotatable bonds is 5. The number of amides is 2. The highest BCUT2D eigenvalue weighted by atomic mass is 16.5. The molecule has 2 amide bonds. The SMILES string of the molecule is COCCN1C(=O)c2ccccc2C(C(=O)NC2CCCCC2)C12CCCC2. The summed E-state index contributed by atoms with van der Waals surface area (Å²) in [7, 11) is 1.66. The summed E-state index contributed by atoms with van der Waals surface area (Å²) in [6.07, 6.45) is 9.68. The monoisotopic (exact) mass is 384 g/mol. The minimum atomic E-state index is -0.414. The Labute approximate surface area is 167 Å². The molecule has 5 nitrogen and oxygen atoms in total. The second-order valence-electron chi connectivity index (χ2n) is 8.62. The van der Waals surface area contributed by atoms with Crippen LogP contribution in [0.5, 0.6) is 0 Å². The minimum absolute atomic E-state index is 0.0521. The molecule has 1 spiro atoms. The normalized spacial score (nSPS) is 24.4. The van der Waals surface area contributed by atoms with E-state index >= 15 is 0 Å². The van der Waals surface area contributed by atoms with E-state index in [4.69, 9.17) is 4.74 Å². The Kier molecular flexibility index (Phi) is 5.72. The Morgan fingerprint density at radius 3 is 2.57 bits per heavy atom. The molecule has 1 atom stereocenters. The third-order valence-corrected chi connectivity index (χ3v) is 7.02. The van der Waals surface area contributed by atoms with Gasteiger partial charge in [-0.25, -0.2) is 0 Å². The molecular formula is C23H32N2O3. The van der Waals surface area contributed by atoms with Crippen LogP contribution in [-0.4, -0.2) is 48.6 Å². The van der Waals surface area contributed by atoms with Crippen molar-refractivity contribution in [1.82, 2.24) is 10.2 Å². The number of methoxy groups -OCH3 is 1. The summed E-state index contributed by atoms with van der Waals surface area (Å²) in [5.74, 6) is -0.130. The van der Waals surface area contributed by atoms with Crippen LogP contribution in [0.2, 0.25) is 0 Å². The molecule has 1 aromatic carbocycles. The first-order valence-electron chi connectivity index (χ1n) is 10.9. The highest BCUT2D eigenvalue weighted by molar-refractivity contribution is 6.02. The molecule has 1 heterocycles. The number of benzene rings is 1. The first-order chi connectivity index (χ1) is 13.7. The Morgan fingerprint density at radius 1 is 1.14 bits per heavy atom. The molecule has 152 valence electrons. The molecule has 0 radical (unpaired) electrons. The third-order valence-electron chi connectivity index (χ3n) is 7.02. The van der Waals surface area contributed by atoms with Crippen LogP contribution in [0.1, 0.15) is 79.6 Å². The van der Waals surface area contributed by atoms with Crippen molar-refractivity contribution in [3.8, 4) is 0 Å². The van der Waals surface area contributed by atoms with Crippen molar-refractivity contribution in [3.05, 3.63) is 35.4 Å². The van der Waals surface area contributed by atoms with E-state index in [-0.39, 0.29) is 23.8 Å². The number of carbonyl (C=O) groups is 2. The summed E-state index contributed by atoms with van der Waals surface area (Å²) >= 11 is 0. The molecule has 2 aliphatic carbocycles. The lowest BCUT2D eigenvalue weighted by Gasteiger charge is -2.50. The van der Waals surface area contributed by atoms with Crippen molar-refractivity contribution in [2.75, 3.05) is 20.3 Å². The van der Waals surface area contributed by atoms with Gasteiger partial charge in [0.25, 0.3) is 5.91 Å². The number of nitrogens with one attached hydrogen (secondary N) is 1. The van der Waals surface area contributed by atoms with Gasteiger partial charge in [0.1, 0.15) is 0 Å². The summed E-state index contributed by atoms with van der Waals surface area (Å²) in [5.41, 5.74) is 1.18. The molecule has 5 heteroatoms. The predicted molar refractivity (Wildman–Crippen MR) is 108 cm³/mol. The van der Waals surface area contributed by atoms with Gasteiger partial charge < -0.3 is 15.0 Å². The second-order valence-corrected chi connectivity index (χ2v) is 8.62. The van der Waals surface area contributed by atoms with Gasteiger partial charge >= 0.3 is 0 Å². The fourth-order valence-electron chi connectivity index (χ4n) is 5.71. The van der Waals surface area contributed by atoms with E-state index in [0.29, 0.717) is 18.7 Å². The van der Waals surface area contributed by atoms with E-state index in [0.717, 1.165) is 44.1 Å². The van der Waals surface area contributed by atoms with E-state index < -0.39 is 5.54 Å². The first kappa shape index (κ1) is 19.4. The van der Waals surface area contributed by atoms with Gasteiger partial charge in [-0.2, -0.15) is 0 Å². The third kappa shape index (κ3) is 3.34. The fourth-order valence-corrected chi connectivity index (χ4v) is 5.71. The van der Waals surface area contributed by atoms with E-state index in [2.05, 4.69) is 5.32 Å². The van der Waals surface area contributed by atoms with Crippen LogP contribution in [0.3, 0.4) is 0 Å². The van der Waals surface area contributed by atoms with Gasteiger partial charge in [-0.1, -0.05) is 50.3 Å². The zero-order chi connectivity index (χ0) is 19.6. The molecule has 3 aliphatic rings. The number of hydrogen-bond acceptors (Lipinski definition) is 3. The summed E-state index contributed by atoms with van der Waals surface area (Å²) in [5, 5.41) is 3.36. The van der Waals surface area contributed by atoms with Crippen LogP contribution >= 0.6 is 0 Å². The van der Waals surface area contributed by atoms with E-state index in [9.17, 15) is 9.59 Å². The lowest BCUT2D eigenvalue weighted by molar-refractivity contribution is -0.127. The standard InChI is InChI=1S/C23H32N2O3/c1-28-16-15-25-22(27)19-12-6-5-11-18(19)20(23(25)13-7-8-14-23)21(26)24-17-9-3-2-4-10-17/h5-6,11-12,17,20H,2-4,7-10,13-16H2,1H3,(H,24,26). The molecule has 1 aromatic rings. The Balaban J connectivity index is 1.72. The lowest BCUT2D eigenvalue weighted by atomic mass is 9.71. The zero-order valence-electron chi connectivity index (χ0n) is 16.9. The Morgan fingerprint density at radius 2 is 1.86 bits per heavy atom. The average molecular weight is 385 g/mol. The van der Waals surface area contributed by atoms with Crippen LogP contribution in [0.4, 0.5) is 0 Å². The molecule has 2 saturated carbocycles. The number of nitrogens with zero attached hydrogens (tertiary/aromatic N) is 1. The quantitative estimate of drug-likeness (QED) is 0.843. The molecule has 28 heavy (non-hydrogen) atoms. The highest BCUT2D eigenvalue weighted by Crippen LogP contribution is 2.50. The largest absolute Gasteiger partial charge is 0.383 e. The summed E-state index contributed by atoms with van der Waals surface area (Å²) in [4.78, 5) is 29.0. The number of carbonyl (C=O) groups excluding carboxylic acids is 2. The van der Waals surface area contributed by atoms with Crippen molar-refractivity contribution in [3.63, 3.8) is 0 Å². The van der Waals surface area contributed by atoms with Gasteiger partial charge in [-0.05, 0) is 37.3 Å². The van der Waals surface area contributed by atoms with Crippen LogP contribution < -0.4 is 5.32 Å². The van der Waals surface area contributed by atoms with Crippen molar-refractivity contribution >= 4 is 11.8 Å². The maximum Gasteiger partial charge on any atom is 0.254 e. The smallest absolute Gasteiger partial charge is 0.254 e. The molecule has 4 rings (SSSR count). The average Bonchev–Trinajstić information content (AvgIpc) is 3.18. The molecule has 0 saturated heterocycles. The Bertz CT molecular complexity index is 720. The van der Waals surface area contributed by atoms with Gasteiger partial charge in [-0.3, -0.25) is 9.59 Å². The minimum Gasteiger partial charge on any atom is -0.383 e. The van der Waals surface area contributed by atoms with E-state index in [1.165, 1.54) is 19.3 Å². The number of fused-ring (bicyclic) bond motifs is 1. The van der Waals surface area contributed by atoms with E-state index in [1.807, 2.05) is 29.2 Å². The molecule has 0 aromatic heterocycles.